The molecule has 0 saturated carbocycles. The molecule has 0 aliphatic rings. The van der Waals surface area contributed by atoms with Crippen molar-refractivity contribution < 1.29 is 9.90 Å². The maximum Gasteiger partial charge on any atom is 0.307 e. The molecule has 4 rings (SSSR count). The lowest BCUT2D eigenvalue weighted by atomic mass is 10.1. The first-order valence-corrected chi connectivity index (χ1v) is 13.6. The van der Waals surface area contributed by atoms with E-state index in [2.05, 4.69) is 58.6 Å². The second-order valence-corrected chi connectivity index (χ2v) is 10.3. The summed E-state index contributed by atoms with van der Waals surface area (Å²) in [5.74, 6) is 0.774. The number of hydrogen-bond donors (Lipinski definition) is 2. The highest BCUT2D eigenvalue weighted by molar-refractivity contribution is 6.06. The fourth-order valence-corrected chi connectivity index (χ4v) is 4.93. The van der Waals surface area contributed by atoms with Gasteiger partial charge in [-0.1, -0.05) is 55.8 Å². The van der Waals surface area contributed by atoms with Gasteiger partial charge < -0.3 is 20.3 Å². The van der Waals surface area contributed by atoms with E-state index >= 15 is 0 Å². The van der Waals surface area contributed by atoms with E-state index in [-0.39, 0.29) is 6.42 Å². The largest absolute Gasteiger partial charge is 0.481 e. The van der Waals surface area contributed by atoms with Crippen molar-refractivity contribution in [3.63, 3.8) is 0 Å². The Morgan fingerprint density at radius 2 is 1.71 bits per heavy atom. The van der Waals surface area contributed by atoms with Crippen LogP contribution in [0.5, 0.6) is 0 Å². The molecule has 3 N–H and O–H groups in total. The van der Waals surface area contributed by atoms with Crippen molar-refractivity contribution in [3.8, 4) is 0 Å². The molecule has 0 saturated heterocycles. The molecular formula is C30H40N6O2. The molecule has 38 heavy (non-hydrogen) atoms. The van der Waals surface area contributed by atoms with Gasteiger partial charge in [-0.2, -0.15) is 0 Å². The maximum absolute atomic E-state index is 11.0. The fourth-order valence-electron chi connectivity index (χ4n) is 4.93. The Morgan fingerprint density at radius 1 is 0.974 bits per heavy atom. The Bertz CT molecular complexity index is 1360. The highest BCUT2D eigenvalue weighted by Gasteiger charge is 2.17. The number of benzene rings is 2. The molecule has 0 spiro atoms. The molecule has 0 unspecified atom stereocenters. The maximum atomic E-state index is 11.0. The lowest BCUT2D eigenvalue weighted by molar-refractivity contribution is -0.136. The van der Waals surface area contributed by atoms with E-state index < -0.39 is 5.97 Å². The van der Waals surface area contributed by atoms with E-state index in [1.807, 2.05) is 30.3 Å². The number of imidazole rings is 1. The number of nitrogen functional groups attached to an aromatic ring is 1. The number of likely N-dealkylation sites (N-methyl/N-ethyl adjacent to an activating group) is 1. The number of nitrogens with two attached hydrogens (primary N) is 1. The van der Waals surface area contributed by atoms with Gasteiger partial charge in [-0.3, -0.25) is 9.69 Å². The van der Waals surface area contributed by atoms with Gasteiger partial charge in [0.15, 0.2) is 5.82 Å². The number of hydrogen-bond acceptors (Lipinski definition) is 6. The summed E-state index contributed by atoms with van der Waals surface area (Å²) >= 11 is 0. The predicted molar refractivity (Wildman–Crippen MR) is 154 cm³/mol. The smallest absolute Gasteiger partial charge is 0.307 e. The SMILES string of the molecule is CCCCc1nc2c(N)nc3ccccc3c2n1CCCN(CCN(C)C)Cc1ccc(CC(=O)O)cc1. The Labute approximate surface area is 225 Å². The van der Waals surface area contributed by atoms with Crippen molar-refractivity contribution >= 4 is 33.7 Å². The molecule has 8 nitrogen and oxygen atoms in total. The number of aryl methyl sites for hydroxylation is 2. The summed E-state index contributed by atoms with van der Waals surface area (Å²) in [5, 5.41) is 10.2. The lowest BCUT2D eigenvalue weighted by Gasteiger charge is -2.24. The summed E-state index contributed by atoms with van der Waals surface area (Å²) in [4.78, 5) is 25.3. The number of carbonyl (C=O) groups is 1. The molecule has 202 valence electrons. The number of para-hydroxylation sites is 1. The highest BCUT2D eigenvalue weighted by Crippen LogP contribution is 2.29. The summed E-state index contributed by atoms with van der Waals surface area (Å²) in [7, 11) is 4.19. The second-order valence-electron chi connectivity index (χ2n) is 10.3. The molecule has 0 radical (unpaired) electrons. The number of carboxylic acid groups (broad SMARTS) is 1. The van der Waals surface area contributed by atoms with E-state index in [0.29, 0.717) is 5.82 Å². The summed E-state index contributed by atoms with van der Waals surface area (Å²) in [6.45, 7) is 6.76. The zero-order chi connectivity index (χ0) is 27.1. The van der Waals surface area contributed by atoms with Gasteiger partial charge in [0.05, 0.1) is 17.5 Å². The highest BCUT2D eigenvalue weighted by atomic mass is 16.4. The first kappa shape index (κ1) is 27.5. The molecule has 0 amide bonds. The molecule has 2 heterocycles. The average molecular weight is 517 g/mol. The molecule has 0 bridgehead atoms. The lowest BCUT2D eigenvalue weighted by Crippen LogP contribution is -2.32. The third-order valence-electron chi connectivity index (χ3n) is 6.95. The van der Waals surface area contributed by atoms with Gasteiger partial charge in [-0.15, -0.1) is 0 Å². The summed E-state index contributed by atoms with van der Waals surface area (Å²) in [5.41, 5.74) is 11.2. The van der Waals surface area contributed by atoms with Crippen LogP contribution in [-0.4, -0.2) is 69.1 Å². The molecule has 0 fully saturated rings. The molecular weight excluding hydrogens is 476 g/mol. The minimum atomic E-state index is -0.805. The van der Waals surface area contributed by atoms with Crippen molar-refractivity contribution in [1.29, 1.82) is 0 Å². The topological polar surface area (TPSA) is 101 Å². The third kappa shape index (κ3) is 6.88. The van der Waals surface area contributed by atoms with Crippen LogP contribution < -0.4 is 5.73 Å². The first-order valence-electron chi connectivity index (χ1n) is 13.6. The zero-order valence-corrected chi connectivity index (χ0v) is 22.9. The number of carboxylic acids is 1. The van der Waals surface area contributed by atoms with Gasteiger partial charge in [0.2, 0.25) is 0 Å². The fraction of sp³-hybridized carbons (Fsp3) is 0.433. The van der Waals surface area contributed by atoms with E-state index in [1.165, 1.54) is 5.56 Å². The van der Waals surface area contributed by atoms with Crippen LogP contribution >= 0.6 is 0 Å². The summed E-state index contributed by atoms with van der Waals surface area (Å²) in [6.07, 6.45) is 4.15. The van der Waals surface area contributed by atoms with Crippen LogP contribution in [0.15, 0.2) is 48.5 Å². The Hall–Kier alpha value is -3.49. The van der Waals surface area contributed by atoms with Crippen molar-refractivity contribution in [3.05, 3.63) is 65.5 Å². The van der Waals surface area contributed by atoms with Crippen molar-refractivity contribution in [1.82, 2.24) is 24.3 Å². The molecule has 0 atom stereocenters. The van der Waals surface area contributed by atoms with Gasteiger partial charge in [0, 0.05) is 44.5 Å². The van der Waals surface area contributed by atoms with Crippen LogP contribution in [0.3, 0.4) is 0 Å². The van der Waals surface area contributed by atoms with Crippen molar-refractivity contribution in [2.75, 3.05) is 39.5 Å². The molecule has 0 aliphatic carbocycles. The molecule has 0 aliphatic heterocycles. The van der Waals surface area contributed by atoms with Crippen LogP contribution in [0.4, 0.5) is 5.82 Å². The van der Waals surface area contributed by atoms with E-state index in [4.69, 9.17) is 15.8 Å². The van der Waals surface area contributed by atoms with Gasteiger partial charge in [0.25, 0.3) is 0 Å². The van der Waals surface area contributed by atoms with Crippen LogP contribution in [0.25, 0.3) is 21.9 Å². The van der Waals surface area contributed by atoms with Gasteiger partial charge in [-0.25, -0.2) is 9.97 Å². The molecule has 2 aromatic heterocycles. The quantitative estimate of drug-likeness (QED) is 0.253. The van der Waals surface area contributed by atoms with Gasteiger partial charge >= 0.3 is 5.97 Å². The number of anilines is 1. The Balaban J connectivity index is 1.54. The number of aliphatic carboxylic acids is 1. The monoisotopic (exact) mass is 516 g/mol. The van der Waals surface area contributed by atoms with Crippen LogP contribution in [-0.2, 0) is 30.7 Å². The molecule has 4 aromatic rings. The number of unbranched alkanes of at least 4 members (excludes halogenated alkanes) is 1. The Kier molecular flexibility index (Phi) is 9.31. The van der Waals surface area contributed by atoms with Crippen LogP contribution in [0.1, 0.15) is 43.1 Å². The van der Waals surface area contributed by atoms with E-state index in [1.54, 1.807) is 0 Å². The molecule has 8 heteroatoms. The predicted octanol–water partition coefficient (Wildman–Crippen LogP) is 4.59. The van der Waals surface area contributed by atoms with Crippen molar-refractivity contribution in [2.45, 2.75) is 52.1 Å². The number of aromatic nitrogens is 3. The summed E-state index contributed by atoms with van der Waals surface area (Å²) < 4.78 is 2.37. The van der Waals surface area contributed by atoms with E-state index in [9.17, 15) is 4.79 Å². The van der Waals surface area contributed by atoms with Crippen molar-refractivity contribution in [2.24, 2.45) is 0 Å². The third-order valence-corrected chi connectivity index (χ3v) is 6.95. The zero-order valence-electron chi connectivity index (χ0n) is 22.9. The number of rotatable bonds is 14. The van der Waals surface area contributed by atoms with Gasteiger partial charge in [-0.05, 0) is 44.1 Å². The van der Waals surface area contributed by atoms with Crippen LogP contribution in [0.2, 0.25) is 0 Å². The van der Waals surface area contributed by atoms with Gasteiger partial charge in [0.1, 0.15) is 11.3 Å². The average Bonchev–Trinajstić information content (AvgIpc) is 3.26. The first-order chi connectivity index (χ1) is 18.4. The number of pyridine rings is 1. The Morgan fingerprint density at radius 3 is 2.42 bits per heavy atom. The summed E-state index contributed by atoms with van der Waals surface area (Å²) in [6, 6.07) is 16.1. The normalized spacial score (nSPS) is 11.8. The number of nitrogens with zero attached hydrogens (tertiary/aromatic N) is 5. The second kappa shape index (κ2) is 12.8. The number of fused-ring (bicyclic) bond motifs is 3. The minimum Gasteiger partial charge on any atom is -0.481 e. The van der Waals surface area contributed by atoms with E-state index in [0.717, 1.165) is 91.7 Å². The standard InChI is InChI=1S/C30H40N6O2/c1-4-5-11-26-33-28-29(24-9-6-7-10-25(24)32-30(28)31)36(26)17-8-16-35(19-18-34(2)3)21-23-14-12-22(13-15-23)20-27(37)38/h6-7,9-10,12-15H,4-5,8,11,16-21H2,1-3H3,(H2,31,32)(H,37,38). The molecule has 2 aromatic carbocycles. The van der Waals surface area contributed by atoms with Crippen LogP contribution in [0, 0.1) is 0 Å². The minimum absolute atomic E-state index is 0.0541.